The van der Waals surface area contributed by atoms with Crippen LogP contribution in [-0.2, 0) is 50.0 Å². The molecule has 64 heavy (non-hydrogen) atoms. The fraction of sp³-hybridized carbons (Fsp3) is 0.510. The molecule has 0 aliphatic rings. The number of aromatic nitrogens is 1. The number of pyridine rings is 1. The zero-order chi connectivity index (χ0) is 47.1. The Morgan fingerprint density at radius 2 is 1.05 bits per heavy atom. The largest absolute Gasteiger partial charge is 0.503 e. The van der Waals surface area contributed by atoms with Gasteiger partial charge in [-0.1, -0.05) is 98.7 Å². The second kappa shape index (κ2) is 23.5. The topological polar surface area (TPSA) is 178 Å². The summed E-state index contributed by atoms with van der Waals surface area (Å²) in [7, 11) is 0. The van der Waals surface area contributed by atoms with Gasteiger partial charge in [-0.05, 0) is 105 Å². The lowest BCUT2D eigenvalue weighted by molar-refractivity contribution is -0.130. The van der Waals surface area contributed by atoms with E-state index in [1.54, 1.807) is 23.2 Å². The number of amides is 2. The van der Waals surface area contributed by atoms with E-state index in [9.17, 15) is 19.5 Å². The summed E-state index contributed by atoms with van der Waals surface area (Å²) in [6, 6.07) is 20.1. The van der Waals surface area contributed by atoms with Crippen molar-refractivity contribution in [2.75, 3.05) is 33.0 Å². The molecule has 0 fully saturated rings. The highest BCUT2D eigenvalue weighted by molar-refractivity contribution is 5.74. The number of rotatable bonds is 23. The van der Waals surface area contributed by atoms with Crippen LogP contribution in [0.3, 0.4) is 0 Å². The molecule has 0 spiro atoms. The van der Waals surface area contributed by atoms with Gasteiger partial charge in [0.2, 0.25) is 11.8 Å². The first kappa shape index (κ1) is 51.3. The van der Waals surface area contributed by atoms with E-state index in [-0.39, 0.29) is 54.7 Å². The van der Waals surface area contributed by atoms with Crippen molar-refractivity contribution in [2.45, 2.75) is 136 Å². The molecule has 1 heterocycles. The van der Waals surface area contributed by atoms with Gasteiger partial charge in [0.15, 0.2) is 5.75 Å². The van der Waals surface area contributed by atoms with E-state index in [2.05, 4.69) is 98.7 Å². The zero-order valence-electron chi connectivity index (χ0n) is 39.4. The number of nitrogens with zero attached hydrogens (tertiary/aromatic N) is 1. The maximum atomic E-state index is 12.2. The molecule has 0 saturated heterocycles. The normalized spacial score (nSPS) is 11.9. The van der Waals surface area contributed by atoms with Gasteiger partial charge in [-0.25, -0.2) is 11.0 Å². The molecule has 350 valence electrons. The Morgan fingerprint density at radius 3 is 1.53 bits per heavy atom. The molecule has 0 bridgehead atoms. The van der Waals surface area contributed by atoms with Crippen LogP contribution in [0.5, 0.6) is 23.0 Å². The Hall–Kier alpha value is -5.37. The van der Waals surface area contributed by atoms with Crippen LogP contribution in [0.2, 0.25) is 0 Å². The van der Waals surface area contributed by atoms with Crippen LogP contribution >= 0.6 is 0 Å². The summed E-state index contributed by atoms with van der Waals surface area (Å²) in [6.07, 6.45) is 5.29. The third kappa shape index (κ3) is 15.7. The van der Waals surface area contributed by atoms with Crippen molar-refractivity contribution < 1.29 is 44.1 Å². The predicted molar refractivity (Wildman–Crippen MR) is 248 cm³/mol. The highest BCUT2D eigenvalue weighted by Gasteiger charge is 2.25. The molecule has 0 aliphatic heterocycles. The molecule has 2 amide bonds. The van der Waals surface area contributed by atoms with Gasteiger partial charge < -0.3 is 28.6 Å². The average Bonchev–Trinajstić information content (AvgIpc) is 3.23. The van der Waals surface area contributed by atoms with Crippen molar-refractivity contribution in [3.8, 4) is 23.0 Å². The number of carbonyl (C=O) groups is 2. The molecule has 4 rings (SSSR count). The van der Waals surface area contributed by atoms with Gasteiger partial charge in [-0.3, -0.25) is 24.8 Å². The molecule has 3 aromatic carbocycles. The number of benzene rings is 3. The summed E-state index contributed by atoms with van der Waals surface area (Å²) in [4.78, 5) is 35.7. The first-order valence-corrected chi connectivity index (χ1v) is 22.3. The number of unbranched alkanes of at least 4 members (excludes halogenated alkanes) is 2. The second-order valence-electron chi connectivity index (χ2n) is 19.4. The number of hydroxylamine groups is 2. The van der Waals surface area contributed by atoms with E-state index in [1.165, 1.54) is 10.6 Å². The average molecular weight is 886 g/mol. The molecule has 0 radical (unpaired) electrons. The van der Waals surface area contributed by atoms with Crippen molar-refractivity contribution in [1.82, 2.24) is 15.5 Å². The van der Waals surface area contributed by atoms with Crippen LogP contribution in [0.25, 0.3) is 0 Å². The third-order valence-electron chi connectivity index (χ3n) is 11.0. The summed E-state index contributed by atoms with van der Waals surface area (Å²) >= 11 is 0. The zero-order valence-corrected chi connectivity index (χ0v) is 39.4. The Balaban J connectivity index is 1.74. The lowest BCUT2D eigenvalue weighted by Gasteiger charge is -2.26. The van der Waals surface area contributed by atoms with Crippen LogP contribution in [0.1, 0.15) is 140 Å². The molecule has 13 heteroatoms. The van der Waals surface area contributed by atoms with Gasteiger partial charge in [0.1, 0.15) is 23.9 Å². The standard InChI is InChI=1S/C51H71N3O10/c1-49(2,3)39-18-20-43(62-24-12-10-16-45(56)52-59)35(31-39)29-37-33-41(51(7,8)9)34-38(47(37)64-25-13-11-17-46(57)53-60)30-36-32-40(50(4,5)6)19-21-44(36)63-28-27-61-26-23-54-22-14-15-42(55)48(54)58/h14-15,18-22,31-34,55,59-60H,10-13,16-17,23-30H2,1-9H3,(H,52,56)(H,53,57). The number of ether oxygens (including phenoxy) is 4. The van der Waals surface area contributed by atoms with E-state index >= 15 is 0 Å². The minimum absolute atomic E-state index is 0.131. The van der Waals surface area contributed by atoms with Crippen molar-refractivity contribution >= 4 is 11.8 Å². The first-order valence-electron chi connectivity index (χ1n) is 22.3. The van der Waals surface area contributed by atoms with Gasteiger partial charge >= 0.3 is 0 Å². The van der Waals surface area contributed by atoms with Crippen molar-refractivity contribution in [3.63, 3.8) is 0 Å². The van der Waals surface area contributed by atoms with Crippen LogP contribution in [0.15, 0.2) is 71.7 Å². The maximum absolute atomic E-state index is 12.2. The Morgan fingerprint density at radius 1 is 0.578 bits per heavy atom. The van der Waals surface area contributed by atoms with E-state index in [0.717, 1.165) is 56.2 Å². The molecule has 0 aliphatic carbocycles. The summed E-state index contributed by atoms with van der Waals surface area (Å²) < 4.78 is 26.9. The van der Waals surface area contributed by atoms with Crippen molar-refractivity contribution in [3.05, 3.63) is 116 Å². The number of nitrogens with one attached hydrogen (secondary N) is 2. The number of aromatic hydroxyl groups is 1. The fourth-order valence-electron chi connectivity index (χ4n) is 7.11. The molecular formula is C51H71N3O10. The lowest BCUT2D eigenvalue weighted by Crippen LogP contribution is -2.21. The van der Waals surface area contributed by atoms with Gasteiger partial charge in [-0.15, -0.1) is 0 Å². The molecular weight excluding hydrogens is 815 g/mol. The van der Waals surface area contributed by atoms with Crippen molar-refractivity contribution in [1.29, 1.82) is 0 Å². The quantitative estimate of drug-likeness (QED) is 0.0275. The molecule has 0 unspecified atom stereocenters. The lowest BCUT2D eigenvalue weighted by atomic mass is 9.81. The highest BCUT2D eigenvalue weighted by Crippen LogP contribution is 2.39. The van der Waals surface area contributed by atoms with Gasteiger partial charge in [0, 0.05) is 38.4 Å². The molecule has 4 aromatic rings. The minimum Gasteiger partial charge on any atom is -0.503 e. The Bertz CT molecular complexity index is 2210. The minimum atomic E-state index is -0.465. The highest BCUT2D eigenvalue weighted by atomic mass is 16.5. The second-order valence-corrected chi connectivity index (χ2v) is 19.4. The van der Waals surface area contributed by atoms with E-state index in [0.29, 0.717) is 58.3 Å². The van der Waals surface area contributed by atoms with Crippen LogP contribution in [0.4, 0.5) is 0 Å². The predicted octanol–water partition coefficient (Wildman–Crippen LogP) is 8.83. The fourth-order valence-corrected chi connectivity index (χ4v) is 7.11. The Labute approximate surface area is 379 Å². The van der Waals surface area contributed by atoms with Gasteiger partial charge in [0.25, 0.3) is 5.56 Å². The molecule has 0 saturated carbocycles. The van der Waals surface area contributed by atoms with Gasteiger partial charge in [-0.2, -0.15) is 0 Å². The van der Waals surface area contributed by atoms with Gasteiger partial charge in [0.05, 0.1) is 26.4 Å². The van der Waals surface area contributed by atoms with Crippen LogP contribution < -0.4 is 30.7 Å². The number of hydrogen-bond acceptors (Lipinski definition) is 10. The molecule has 0 atom stereocenters. The first-order chi connectivity index (χ1) is 30.2. The van der Waals surface area contributed by atoms with E-state index < -0.39 is 17.4 Å². The van der Waals surface area contributed by atoms with Crippen LogP contribution in [-0.4, -0.2) is 64.9 Å². The summed E-state index contributed by atoms with van der Waals surface area (Å²) in [5, 5.41) is 27.8. The molecule has 1 aromatic heterocycles. The molecule has 13 nitrogen and oxygen atoms in total. The van der Waals surface area contributed by atoms with Crippen LogP contribution in [0, 0.1) is 0 Å². The summed E-state index contributed by atoms with van der Waals surface area (Å²) in [5.41, 5.74) is 9.83. The van der Waals surface area contributed by atoms with E-state index in [4.69, 9.17) is 29.4 Å². The van der Waals surface area contributed by atoms with Crippen molar-refractivity contribution in [2.24, 2.45) is 0 Å². The maximum Gasteiger partial charge on any atom is 0.292 e. The summed E-state index contributed by atoms with van der Waals surface area (Å²) in [6.45, 7) is 21.5. The van der Waals surface area contributed by atoms with E-state index in [1.807, 2.05) is 12.1 Å². The number of hydrogen-bond donors (Lipinski definition) is 5. The SMILES string of the molecule is CC(C)(C)c1ccc(OCCCCC(=O)NO)c(Cc2cc(C(C)(C)C)cc(Cc3cc(C(C)(C)C)ccc3OCCOCCn3cccc(O)c3=O)c2OCCCCC(=O)NO)c1. The summed E-state index contributed by atoms with van der Waals surface area (Å²) in [5.74, 6) is 1.04. The Kier molecular flexibility index (Phi) is 18.8. The monoisotopic (exact) mass is 886 g/mol. The molecule has 5 N–H and O–H groups in total. The smallest absolute Gasteiger partial charge is 0.292 e. The third-order valence-corrected chi connectivity index (χ3v) is 11.0. The number of carbonyl (C=O) groups excluding carboxylic acids is 2.